The Hall–Kier alpha value is -3.55. The first kappa shape index (κ1) is 27.6. The maximum absolute atomic E-state index is 14.0. The van der Waals surface area contributed by atoms with Crippen LogP contribution in [0.4, 0.5) is 22.0 Å². The molecule has 2 saturated heterocycles. The number of aryl methyl sites for hydroxylation is 1. The quantitative estimate of drug-likeness (QED) is 0.380. The van der Waals surface area contributed by atoms with Crippen molar-refractivity contribution in [2.24, 2.45) is 0 Å². The number of amides is 2. The molecular formula is C28H35N7O5S. The fraction of sp³-hybridized carbons (Fsp3) is 0.500. The highest BCUT2D eigenvalue weighted by Crippen LogP contribution is 2.47. The lowest BCUT2D eigenvalue weighted by atomic mass is 9.94. The van der Waals surface area contributed by atoms with E-state index >= 15 is 0 Å². The highest BCUT2D eigenvalue weighted by atomic mass is 32.2. The first-order valence-electron chi connectivity index (χ1n) is 14.0. The third kappa shape index (κ3) is 5.41. The van der Waals surface area contributed by atoms with Gasteiger partial charge in [0.15, 0.2) is 15.7 Å². The van der Waals surface area contributed by atoms with Gasteiger partial charge in [0.05, 0.1) is 41.6 Å². The van der Waals surface area contributed by atoms with Crippen molar-refractivity contribution in [3.63, 3.8) is 0 Å². The topological polar surface area (TPSA) is 151 Å². The van der Waals surface area contributed by atoms with E-state index in [1.807, 2.05) is 18.2 Å². The van der Waals surface area contributed by atoms with Gasteiger partial charge in [0.1, 0.15) is 10.6 Å². The van der Waals surface area contributed by atoms with Crippen LogP contribution in [0.5, 0.6) is 0 Å². The summed E-state index contributed by atoms with van der Waals surface area (Å²) in [6, 6.07) is 8.76. The lowest BCUT2D eigenvalue weighted by Crippen LogP contribution is -2.46. The second-order valence-corrected chi connectivity index (χ2v) is 13.5. The molecule has 2 aromatic heterocycles. The van der Waals surface area contributed by atoms with Crippen LogP contribution in [0.3, 0.4) is 0 Å². The van der Waals surface area contributed by atoms with Crippen LogP contribution in [0.1, 0.15) is 44.0 Å². The lowest BCUT2D eigenvalue weighted by molar-refractivity contribution is 0.0729. The normalized spacial score (nSPS) is 20.9. The Labute approximate surface area is 239 Å². The highest BCUT2D eigenvalue weighted by Gasteiger charge is 2.54. The molecule has 1 saturated carbocycles. The van der Waals surface area contributed by atoms with Crippen molar-refractivity contribution >= 4 is 33.1 Å². The Bertz CT molecular complexity index is 1510. The Balaban J connectivity index is 1.35. The fourth-order valence-corrected chi connectivity index (χ4v) is 8.10. The second-order valence-electron chi connectivity index (χ2n) is 10.9. The van der Waals surface area contributed by atoms with E-state index in [1.54, 1.807) is 25.3 Å². The summed E-state index contributed by atoms with van der Waals surface area (Å²) in [4.78, 5) is 24.5. The highest BCUT2D eigenvalue weighted by molar-refractivity contribution is 7.93. The number of nitrogens with one attached hydrogen (secondary N) is 3. The smallest absolute Gasteiger partial charge is 0.323 e. The summed E-state index contributed by atoms with van der Waals surface area (Å²) < 4.78 is 38.1. The maximum atomic E-state index is 14.0. The SMILES string of the molecule is Cc1n[nH]cc1NC(=O)Nc1ccc(-c2nc(N3CCOC[C@@H]3C)cc(C3(S(=O)(=O)C4CC4)CCOCC3)n2)cc1. The van der Waals surface area contributed by atoms with E-state index in [0.717, 1.165) is 5.56 Å². The molecule has 0 radical (unpaired) electrons. The number of morpholine rings is 1. The molecule has 3 fully saturated rings. The summed E-state index contributed by atoms with van der Waals surface area (Å²) in [6.07, 6.45) is 3.74. The van der Waals surface area contributed by atoms with Gasteiger partial charge in [-0.25, -0.2) is 23.2 Å². The van der Waals surface area contributed by atoms with Gasteiger partial charge in [0, 0.05) is 43.3 Å². The number of H-pyrrole nitrogens is 1. The number of nitrogens with zero attached hydrogens (tertiary/aromatic N) is 4. The number of anilines is 3. The van der Waals surface area contributed by atoms with Gasteiger partial charge in [-0.1, -0.05) is 0 Å². The summed E-state index contributed by atoms with van der Waals surface area (Å²) in [6.45, 7) is 6.39. The zero-order chi connectivity index (χ0) is 28.6. The summed E-state index contributed by atoms with van der Waals surface area (Å²) in [5.41, 5.74) is 3.12. The molecule has 3 aromatic rings. The molecule has 1 aliphatic carbocycles. The van der Waals surface area contributed by atoms with Gasteiger partial charge in [-0.3, -0.25) is 5.10 Å². The van der Waals surface area contributed by atoms with Crippen LogP contribution >= 0.6 is 0 Å². The van der Waals surface area contributed by atoms with Gasteiger partial charge in [0.25, 0.3) is 0 Å². The van der Waals surface area contributed by atoms with Crippen molar-refractivity contribution < 1.29 is 22.7 Å². The number of carbonyl (C=O) groups excluding carboxylic acids is 1. The van der Waals surface area contributed by atoms with Crippen LogP contribution in [-0.2, 0) is 24.1 Å². The van der Waals surface area contributed by atoms with E-state index in [0.29, 0.717) is 93.1 Å². The number of aromatic nitrogens is 4. The molecule has 3 aliphatic rings. The predicted octanol–water partition coefficient (Wildman–Crippen LogP) is 3.63. The monoisotopic (exact) mass is 581 g/mol. The van der Waals surface area contributed by atoms with Crippen molar-refractivity contribution in [3.05, 3.63) is 47.9 Å². The van der Waals surface area contributed by atoms with E-state index < -0.39 is 20.6 Å². The minimum atomic E-state index is -3.48. The zero-order valence-electron chi connectivity index (χ0n) is 23.2. The molecule has 1 aromatic carbocycles. The van der Waals surface area contributed by atoms with Gasteiger partial charge in [-0.05, 0) is 63.8 Å². The first-order chi connectivity index (χ1) is 19.8. The van der Waals surface area contributed by atoms with Crippen LogP contribution in [0.25, 0.3) is 11.4 Å². The molecule has 1 atom stereocenters. The minimum Gasteiger partial charge on any atom is -0.381 e. The summed E-state index contributed by atoms with van der Waals surface area (Å²) in [5, 5.41) is 12.0. The number of aromatic amines is 1. The molecule has 13 heteroatoms. The molecule has 41 heavy (non-hydrogen) atoms. The summed E-state index contributed by atoms with van der Waals surface area (Å²) in [7, 11) is -3.48. The molecule has 0 bridgehead atoms. The van der Waals surface area contributed by atoms with Crippen molar-refractivity contribution in [1.82, 2.24) is 20.2 Å². The Kier molecular flexibility index (Phi) is 7.43. The number of carbonyl (C=O) groups is 1. The van der Waals surface area contributed by atoms with Crippen molar-refractivity contribution in [2.45, 2.75) is 55.6 Å². The van der Waals surface area contributed by atoms with Crippen molar-refractivity contribution in [3.8, 4) is 11.4 Å². The van der Waals surface area contributed by atoms with Crippen LogP contribution in [0, 0.1) is 6.92 Å². The van der Waals surface area contributed by atoms with Crippen molar-refractivity contribution in [2.75, 3.05) is 48.5 Å². The number of benzene rings is 1. The molecule has 6 rings (SSSR count). The minimum absolute atomic E-state index is 0.0778. The van der Waals surface area contributed by atoms with Gasteiger partial charge >= 0.3 is 6.03 Å². The second kappa shape index (κ2) is 11.0. The van der Waals surface area contributed by atoms with Crippen molar-refractivity contribution in [1.29, 1.82) is 0 Å². The number of urea groups is 1. The van der Waals surface area contributed by atoms with Crippen LogP contribution < -0.4 is 15.5 Å². The van der Waals surface area contributed by atoms with Gasteiger partial charge in [0.2, 0.25) is 0 Å². The standard InChI is InChI=1S/C28H35N7O5S/c1-18-17-40-14-11-35(18)25-15-24(28(9-12-39-13-10-28)41(37,38)22-7-8-22)32-26(33-25)20-3-5-21(6-4-20)30-27(36)31-23-16-29-34-19(23)2/h3-6,15-16,18,22H,7-14,17H2,1-2H3,(H,29,34)(H2,30,31,36)/t18-/m0/s1. The number of hydrogen-bond donors (Lipinski definition) is 3. The molecule has 2 amide bonds. The number of hydrogen-bond acceptors (Lipinski definition) is 9. The number of sulfone groups is 1. The largest absolute Gasteiger partial charge is 0.381 e. The van der Waals surface area contributed by atoms with E-state index in [1.165, 1.54) is 0 Å². The van der Waals surface area contributed by atoms with E-state index in [4.69, 9.17) is 19.4 Å². The Morgan fingerprint density at radius 1 is 1.07 bits per heavy atom. The van der Waals surface area contributed by atoms with Gasteiger partial charge in [-0.2, -0.15) is 5.10 Å². The summed E-state index contributed by atoms with van der Waals surface area (Å²) >= 11 is 0. The molecule has 0 unspecified atom stereocenters. The molecule has 2 aliphatic heterocycles. The van der Waals surface area contributed by atoms with Gasteiger partial charge in [-0.15, -0.1) is 0 Å². The van der Waals surface area contributed by atoms with Crippen LogP contribution in [0.2, 0.25) is 0 Å². The average Bonchev–Trinajstić information content (AvgIpc) is 3.77. The molecular weight excluding hydrogens is 546 g/mol. The zero-order valence-corrected chi connectivity index (χ0v) is 24.0. The Morgan fingerprint density at radius 3 is 2.49 bits per heavy atom. The lowest BCUT2D eigenvalue weighted by Gasteiger charge is -2.38. The molecule has 4 heterocycles. The molecule has 218 valence electrons. The molecule has 0 spiro atoms. The van der Waals surface area contributed by atoms with E-state index in [9.17, 15) is 13.2 Å². The number of rotatable bonds is 7. The summed E-state index contributed by atoms with van der Waals surface area (Å²) in [5.74, 6) is 1.13. The fourth-order valence-electron chi connectivity index (χ4n) is 5.57. The third-order valence-electron chi connectivity index (χ3n) is 8.13. The van der Waals surface area contributed by atoms with E-state index in [-0.39, 0.29) is 11.3 Å². The van der Waals surface area contributed by atoms with Crippen LogP contribution in [0.15, 0.2) is 36.5 Å². The molecule has 3 N–H and O–H groups in total. The van der Waals surface area contributed by atoms with Crippen LogP contribution in [-0.4, -0.2) is 78.9 Å². The molecule has 12 nitrogen and oxygen atoms in total. The predicted molar refractivity (Wildman–Crippen MR) is 155 cm³/mol. The Morgan fingerprint density at radius 2 is 1.83 bits per heavy atom. The maximum Gasteiger partial charge on any atom is 0.323 e. The number of ether oxygens (including phenoxy) is 2. The third-order valence-corrected chi connectivity index (χ3v) is 11.2. The average molecular weight is 582 g/mol. The van der Waals surface area contributed by atoms with E-state index in [2.05, 4.69) is 32.7 Å². The first-order valence-corrected chi connectivity index (χ1v) is 15.6. The van der Waals surface area contributed by atoms with Gasteiger partial charge < -0.3 is 25.0 Å².